The standard InChI is InChI=1S/C15H15ClN2O2/c16-11-4-3-10-6-14(18-13(10)7-11)15(20)17-12(8-19)5-9-1-2-9/h3-4,6-9,12,18H,1-2,5H2,(H,17,20)/t12-/m0/s1. The predicted molar refractivity (Wildman–Crippen MR) is 78.0 cm³/mol. The highest BCUT2D eigenvalue weighted by atomic mass is 35.5. The highest BCUT2D eigenvalue weighted by Gasteiger charge is 2.26. The first kappa shape index (κ1) is 13.2. The second-order valence-corrected chi connectivity index (χ2v) is 5.75. The van der Waals surface area contributed by atoms with E-state index in [-0.39, 0.29) is 5.91 Å². The first-order valence-electron chi connectivity index (χ1n) is 6.70. The molecular weight excluding hydrogens is 276 g/mol. The van der Waals surface area contributed by atoms with Crippen molar-refractivity contribution in [2.45, 2.75) is 25.3 Å². The molecule has 0 aliphatic heterocycles. The van der Waals surface area contributed by atoms with Crippen molar-refractivity contribution >= 4 is 34.7 Å². The maximum absolute atomic E-state index is 12.1. The van der Waals surface area contributed by atoms with E-state index in [1.807, 2.05) is 6.07 Å². The quantitative estimate of drug-likeness (QED) is 0.832. The molecule has 1 aliphatic rings. The molecule has 0 unspecified atom stereocenters. The van der Waals surface area contributed by atoms with Crippen molar-refractivity contribution in [2.75, 3.05) is 0 Å². The number of fused-ring (bicyclic) bond motifs is 1. The van der Waals surface area contributed by atoms with Crippen molar-refractivity contribution in [3.63, 3.8) is 0 Å². The molecular formula is C15H15ClN2O2. The Morgan fingerprint density at radius 2 is 2.25 bits per heavy atom. The minimum Gasteiger partial charge on any atom is -0.350 e. The third-order valence-corrected chi connectivity index (χ3v) is 3.83. The maximum Gasteiger partial charge on any atom is 0.268 e. The van der Waals surface area contributed by atoms with Gasteiger partial charge in [-0.2, -0.15) is 0 Å². The molecule has 1 fully saturated rings. The van der Waals surface area contributed by atoms with Crippen LogP contribution < -0.4 is 5.32 Å². The van der Waals surface area contributed by atoms with E-state index < -0.39 is 6.04 Å². The molecule has 20 heavy (non-hydrogen) atoms. The van der Waals surface area contributed by atoms with Gasteiger partial charge in [-0.25, -0.2) is 0 Å². The molecule has 5 heteroatoms. The summed E-state index contributed by atoms with van der Waals surface area (Å²) in [4.78, 5) is 26.2. The monoisotopic (exact) mass is 290 g/mol. The number of nitrogens with one attached hydrogen (secondary N) is 2. The molecule has 0 spiro atoms. The second kappa shape index (κ2) is 5.29. The number of aldehydes is 1. The van der Waals surface area contributed by atoms with Crippen molar-refractivity contribution in [3.05, 3.63) is 35.0 Å². The van der Waals surface area contributed by atoms with Gasteiger partial charge in [0, 0.05) is 15.9 Å². The van der Waals surface area contributed by atoms with Gasteiger partial charge in [0.25, 0.3) is 5.91 Å². The largest absolute Gasteiger partial charge is 0.350 e. The lowest BCUT2D eigenvalue weighted by molar-refractivity contribution is -0.109. The van der Waals surface area contributed by atoms with Crippen LogP contribution in [-0.4, -0.2) is 23.2 Å². The highest BCUT2D eigenvalue weighted by Crippen LogP contribution is 2.33. The van der Waals surface area contributed by atoms with Gasteiger partial charge in [0.15, 0.2) is 0 Å². The van der Waals surface area contributed by atoms with Crippen LogP contribution in [0.1, 0.15) is 29.8 Å². The Morgan fingerprint density at radius 3 is 2.95 bits per heavy atom. The van der Waals surface area contributed by atoms with Gasteiger partial charge < -0.3 is 15.1 Å². The van der Waals surface area contributed by atoms with Crippen LogP contribution in [0, 0.1) is 5.92 Å². The lowest BCUT2D eigenvalue weighted by atomic mass is 10.1. The molecule has 1 aromatic heterocycles. The lowest BCUT2D eigenvalue weighted by Crippen LogP contribution is -2.36. The van der Waals surface area contributed by atoms with E-state index in [2.05, 4.69) is 10.3 Å². The fourth-order valence-electron chi connectivity index (χ4n) is 2.33. The van der Waals surface area contributed by atoms with Crippen molar-refractivity contribution in [1.82, 2.24) is 10.3 Å². The molecule has 2 aromatic rings. The van der Waals surface area contributed by atoms with Gasteiger partial charge in [0.05, 0.1) is 6.04 Å². The number of carbonyl (C=O) groups is 2. The summed E-state index contributed by atoms with van der Waals surface area (Å²) in [5.74, 6) is 0.335. The van der Waals surface area contributed by atoms with E-state index >= 15 is 0 Å². The molecule has 0 saturated heterocycles. The summed E-state index contributed by atoms with van der Waals surface area (Å²) in [6.07, 6.45) is 3.87. The zero-order valence-electron chi connectivity index (χ0n) is 10.9. The summed E-state index contributed by atoms with van der Waals surface area (Å²) in [7, 11) is 0. The summed E-state index contributed by atoms with van der Waals surface area (Å²) in [5, 5.41) is 4.30. The van der Waals surface area contributed by atoms with E-state index in [0.29, 0.717) is 16.6 Å². The van der Waals surface area contributed by atoms with Crippen molar-refractivity contribution in [2.24, 2.45) is 5.92 Å². The number of carbonyl (C=O) groups excluding carboxylic acids is 2. The molecule has 1 aliphatic carbocycles. The average Bonchev–Trinajstić information content (AvgIpc) is 3.14. The number of aromatic amines is 1. The Kier molecular flexibility index (Phi) is 3.49. The summed E-state index contributed by atoms with van der Waals surface area (Å²) in [5.41, 5.74) is 1.26. The molecule has 104 valence electrons. The molecule has 0 bridgehead atoms. The zero-order chi connectivity index (χ0) is 14.1. The number of halogens is 1. The van der Waals surface area contributed by atoms with E-state index in [9.17, 15) is 9.59 Å². The van der Waals surface area contributed by atoms with Crippen LogP contribution in [-0.2, 0) is 4.79 Å². The highest BCUT2D eigenvalue weighted by molar-refractivity contribution is 6.31. The van der Waals surface area contributed by atoms with Gasteiger partial charge >= 0.3 is 0 Å². The molecule has 0 radical (unpaired) electrons. The number of aromatic nitrogens is 1. The topological polar surface area (TPSA) is 62.0 Å². The maximum atomic E-state index is 12.1. The van der Waals surface area contributed by atoms with Gasteiger partial charge in [-0.15, -0.1) is 0 Å². The Hall–Kier alpha value is -1.81. The van der Waals surface area contributed by atoms with E-state index in [1.54, 1.807) is 18.2 Å². The van der Waals surface area contributed by atoms with Crippen LogP contribution >= 0.6 is 11.6 Å². The number of H-pyrrole nitrogens is 1. The van der Waals surface area contributed by atoms with Crippen LogP contribution in [0.5, 0.6) is 0 Å². The van der Waals surface area contributed by atoms with Gasteiger partial charge in [-0.3, -0.25) is 4.79 Å². The van der Waals surface area contributed by atoms with Crippen molar-refractivity contribution < 1.29 is 9.59 Å². The van der Waals surface area contributed by atoms with Crippen LogP contribution in [0.2, 0.25) is 5.02 Å². The van der Waals surface area contributed by atoms with Crippen LogP contribution in [0.25, 0.3) is 10.9 Å². The smallest absolute Gasteiger partial charge is 0.268 e. The minimum absolute atomic E-state index is 0.255. The SMILES string of the molecule is O=C[C@H](CC1CC1)NC(=O)c1cc2ccc(Cl)cc2[nH]1. The molecule has 1 aromatic carbocycles. The number of amides is 1. The zero-order valence-corrected chi connectivity index (χ0v) is 11.6. The van der Waals surface area contributed by atoms with Gasteiger partial charge in [0.1, 0.15) is 12.0 Å². The molecule has 1 amide bonds. The lowest BCUT2D eigenvalue weighted by Gasteiger charge is -2.11. The Bertz CT molecular complexity index is 661. The third kappa shape index (κ3) is 2.85. The number of rotatable bonds is 5. The van der Waals surface area contributed by atoms with Gasteiger partial charge in [0.2, 0.25) is 0 Å². The molecule has 2 N–H and O–H groups in total. The molecule has 1 heterocycles. The summed E-state index contributed by atoms with van der Waals surface area (Å²) in [6, 6.07) is 6.77. The van der Waals surface area contributed by atoms with Crippen LogP contribution in [0.4, 0.5) is 0 Å². The third-order valence-electron chi connectivity index (χ3n) is 3.59. The average molecular weight is 291 g/mol. The van der Waals surface area contributed by atoms with Crippen molar-refractivity contribution in [3.8, 4) is 0 Å². The number of benzene rings is 1. The molecule has 1 saturated carbocycles. The minimum atomic E-state index is -0.398. The van der Waals surface area contributed by atoms with Gasteiger partial charge in [-0.1, -0.05) is 30.5 Å². The summed E-state index contributed by atoms with van der Waals surface area (Å²) < 4.78 is 0. The van der Waals surface area contributed by atoms with Crippen LogP contribution in [0.3, 0.4) is 0 Å². The number of hydrogen-bond acceptors (Lipinski definition) is 2. The van der Waals surface area contributed by atoms with E-state index in [0.717, 1.165) is 36.5 Å². The van der Waals surface area contributed by atoms with E-state index in [4.69, 9.17) is 11.6 Å². The Morgan fingerprint density at radius 1 is 1.45 bits per heavy atom. The fourth-order valence-corrected chi connectivity index (χ4v) is 2.50. The fraction of sp³-hybridized carbons (Fsp3) is 0.333. The first-order chi connectivity index (χ1) is 9.65. The molecule has 1 atom stereocenters. The Labute approximate surface area is 121 Å². The molecule has 4 nitrogen and oxygen atoms in total. The summed E-state index contributed by atoms with van der Waals surface area (Å²) in [6.45, 7) is 0. The summed E-state index contributed by atoms with van der Waals surface area (Å²) >= 11 is 5.91. The van der Waals surface area contributed by atoms with Crippen LogP contribution in [0.15, 0.2) is 24.3 Å². The molecule has 3 rings (SSSR count). The normalized spacial score (nSPS) is 16.1. The predicted octanol–water partition coefficient (Wildman–Crippen LogP) is 2.92. The van der Waals surface area contributed by atoms with Gasteiger partial charge in [-0.05, 0) is 30.5 Å². The van der Waals surface area contributed by atoms with Crippen molar-refractivity contribution in [1.29, 1.82) is 0 Å². The Balaban J connectivity index is 1.75. The van der Waals surface area contributed by atoms with E-state index in [1.165, 1.54) is 0 Å². The first-order valence-corrected chi connectivity index (χ1v) is 7.08. The number of hydrogen-bond donors (Lipinski definition) is 2. The second-order valence-electron chi connectivity index (χ2n) is 5.31.